The number of nitrogens with one attached hydrogen (secondary N) is 1. The zero-order chi connectivity index (χ0) is 12.7. The van der Waals surface area contributed by atoms with Crippen LogP contribution in [-0.4, -0.2) is 32.1 Å². The van der Waals surface area contributed by atoms with E-state index in [0.717, 1.165) is 26.2 Å². The molecule has 2 atom stereocenters. The SMILES string of the molecule is NC(=O)c1ccc(N2C[C@H]3CNC[C@H]3C2)c(F)c1. The number of fused-ring (bicyclic) bond motifs is 1. The van der Waals surface area contributed by atoms with Crippen LogP contribution >= 0.6 is 0 Å². The van der Waals surface area contributed by atoms with Crippen LogP contribution in [0.4, 0.5) is 10.1 Å². The lowest BCUT2D eigenvalue weighted by atomic mass is 10.0. The number of hydrogen-bond donors (Lipinski definition) is 2. The number of carbonyl (C=O) groups is 1. The molecule has 0 bridgehead atoms. The Morgan fingerprint density at radius 3 is 2.56 bits per heavy atom. The van der Waals surface area contributed by atoms with Crippen molar-refractivity contribution >= 4 is 11.6 Å². The molecule has 3 rings (SSSR count). The minimum atomic E-state index is -0.594. The van der Waals surface area contributed by atoms with Gasteiger partial charge in [-0.1, -0.05) is 0 Å². The molecule has 5 heteroatoms. The molecule has 96 valence electrons. The monoisotopic (exact) mass is 249 g/mol. The predicted molar refractivity (Wildman–Crippen MR) is 67.0 cm³/mol. The van der Waals surface area contributed by atoms with Gasteiger partial charge in [0.15, 0.2) is 0 Å². The average Bonchev–Trinajstić information content (AvgIpc) is 2.88. The van der Waals surface area contributed by atoms with Crippen LogP contribution in [-0.2, 0) is 0 Å². The van der Waals surface area contributed by atoms with Crippen molar-refractivity contribution in [3.63, 3.8) is 0 Å². The van der Waals surface area contributed by atoms with Crippen molar-refractivity contribution in [2.45, 2.75) is 0 Å². The van der Waals surface area contributed by atoms with E-state index in [4.69, 9.17) is 5.73 Å². The van der Waals surface area contributed by atoms with E-state index in [9.17, 15) is 9.18 Å². The molecule has 3 N–H and O–H groups in total. The number of hydrogen-bond acceptors (Lipinski definition) is 3. The van der Waals surface area contributed by atoms with Crippen molar-refractivity contribution in [3.05, 3.63) is 29.6 Å². The third-order valence-corrected chi connectivity index (χ3v) is 3.96. The Kier molecular flexibility index (Phi) is 2.70. The van der Waals surface area contributed by atoms with Crippen LogP contribution in [0.5, 0.6) is 0 Å². The molecule has 0 spiro atoms. The summed E-state index contributed by atoms with van der Waals surface area (Å²) >= 11 is 0. The summed E-state index contributed by atoms with van der Waals surface area (Å²) in [6.07, 6.45) is 0. The first kappa shape index (κ1) is 11.5. The van der Waals surface area contributed by atoms with E-state index >= 15 is 0 Å². The maximum absolute atomic E-state index is 14.0. The van der Waals surface area contributed by atoms with Crippen LogP contribution in [0.15, 0.2) is 18.2 Å². The second-order valence-electron chi connectivity index (χ2n) is 5.11. The number of carbonyl (C=O) groups excluding carboxylic acids is 1. The van der Waals surface area contributed by atoms with Crippen LogP contribution in [0.3, 0.4) is 0 Å². The van der Waals surface area contributed by atoms with Gasteiger partial charge in [0.25, 0.3) is 0 Å². The normalized spacial score (nSPS) is 26.4. The van der Waals surface area contributed by atoms with Gasteiger partial charge in [-0.2, -0.15) is 0 Å². The summed E-state index contributed by atoms with van der Waals surface area (Å²) in [5.41, 5.74) is 5.93. The standard InChI is InChI=1S/C13H16FN3O/c14-11-3-8(13(15)18)1-2-12(11)17-6-9-4-16-5-10(9)7-17/h1-3,9-10,16H,4-7H2,(H2,15,18)/t9-,10+. The number of primary amides is 1. The molecule has 1 amide bonds. The van der Waals surface area contributed by atoms with Gasteiger partial charge in [0, 0.05) is 31.7 Å². The number of anilines is 1. The number of rotatable bonds is 2. The number of nitrogens with two attached hydrogens (primary N) is 1. The van der Waals surface area contributed by atoms with Gasteiger partial charge in [0.2, 0.25) is 5.91 Å². The van der Waals surface area contributed by atoms with E-state index in [1.165, 1.54) is 6.07 Å². The van der Waals surface area contributed by atoms with Gasteiger partial charge < -0.3 is 16.0 Å². The molecular weight excluding hydrogens is 233 g/mol. The fourth-order valence-corrected chi connectivity index (χ4v) is 2.97. The number of nitrogens with zero attached hydrogens (tertiary/aromatic N) is 1. The highest BCUT2D eigenvalue weighted by Crippen LogP contribution is 2.32. The first-order valence-corrected chi connectivity index (χ1v) is 6.20. The summed E-state index contributed by atoms with van der Waals surface area (Å²) in [5.74, 6) is 0.266. The summed E-state index contributed by atoms with van der Waals surface area (Å²) in [6.45, 7) is 3.79. The fraction of sp³-hybridized carbons (Fsp3) is 0.462. The van der Waals surface area contributed by atoms with Crippen molar-refractivity contribution in [1.82, 2.24) is 5.32 Å². The topological polar surface area (TPSA) is 58.4 Å². The lowest BCUT2D eigenvalue weighted by Crippen LogP contribution is -2.26. The predicted octanol–water partition coefficient (Wildman–Crippen LogP) is 0.580. The molecular formula is C13H16FN3O. The number of amides is 1. The third kappa shape index (κ3) is 1.84. The summed E-state index contributed by atoms with van der Waals surface area (Å²) in [5, 5.41) is 3.35. The molecule has 2 fully saturated rings. The Labute approximate surface area is 105 Å². The van der Waals surface area contributed by atoms with E-state index in [1.807, 2.05) is 0 Å². The van der Waals surface area contributed by atoms with Gasteiger partial charge in [0.05, 0.1) is 5.69 Å². The Bertz CT molecular complexity index is 479. The third-order valence-electron chi connectivity index (χ3n) is 3.96. The Morgan fingerprint density at radius 1 is 1.33 bits per heavy atom. The van der Waals surface area contributed by atoms with E-state index in [-0.39, 0.29) is 11.4 Å². The summed E-state index contributed by atoms with van der Waals surface area (Å²) in [4.78, 5) is 13.0. The van der Waals surface area contributed by atoms with Gasteiger partial charge in [-0.25, -0.2) is 4.39 Å². The average molecular weight is 249 g/mol. The molecule has 2 heterocycles. The van der Waals surface area contributed by atoms with Gasteiger partial charge in [-0.05, 0) is 30.0 Å². The van der Waals surface area contributed by atoms with Gasteiger partial charge >= 0.3 is 0 Å². The molecule has 2 aliphatic heterocycles. The van der Waals surface area contributed by atoms with Crippen LogP contribution < -0.4 is 16.0 Å². The molecule has 1 aromatic carbocycles. The summed E-state index contributed by atoms with van der Waals surface area (Å²) < 4.78 is 14.0. The minimum Gasteiger partial charge on any atom is -0.368 e. The Hall–Kier alpha value is -1.62. The van der Waals surface area contributed by atoms with E-state index < -0.39 is 5.91 Å². The molecule has 4 nitrogen and oxygen atoms in total. The maximum Gasteiger partial charge on any atom is 0.248 e. The molecule has 2 saturated heterocycles. The lowest BCUT2D eigenvalue weighted by molar-refractivity contribution is 0.1000. The molecule has 0 unspecified atom stereocenters. The highest BCUT2D eigenvalue weighted by Gasteiger charge is 2.36. The minimum absolute atomic E-state index is 0.220. The van der Waals surface area contributed by atoms with Crippen molar-refractivity contribution in [2.75, 3.05) is 31.1 Å². The molecule has 1 aromatic rings. The number of benzene rings is 1. The second kappa shape index (κ2) is 4.24. The van der Waals surface area contributed by atoms with Crippen LogP contribution in [0, 0.1) is 17.7 Å². The molecule has 0 saturated carbocycles. The van der Waals surface area contributed by atoms with Crippen LogP contribution in [0.2, 0.25) is 0 Å². The van der Waals surface area contributed by atoms with Gasteiger partial charge in [-0.15, -0.1) is 0 Å². The molecule has 2 aliphatic rings. The zero-order valence-electron chi connectivity index (χ0n) is 10.0. The molecule has 0 aromatic heterocycles. The van der Waals surface area contributed by atoms with Crippen molar-refractivity contribution < 1.29 is 9.18 Å². The first-order chi connectivity index (χ1) is 8.65. The van der Waals surface area contributed by atoms with E-state index in [0.29, 0.717) is 17.5 Å². The van der Waals surface area contributed by atoms with Crippen LogP contribution in [0.25, 0.3) is 0 Å². The van der Waals surface area contributed by atoms with Crippen LogP contribution in [0.1, 0.15) is 10.4 Å². The summed E-state index contributed by atoms with van der Waals surface area (Å²) in [7, 11) is 0. The molecule has 18 heavy (non-hydrogen) atoms. The van der Waals surface area contributed by atoms with Gasteiger partial charge in [0.1, 0.15) is 5.82 Å². The molecule has 0 aliphatic carbocycles. The second-order valence-corrected chi connectivity index (χ2v) is 5.11. The fourth-order valence-electron chi connectivity index (χ4n) is 2.97. The lowest BCUT2D eigenvalue weighted by Gasteiger charge is -2.20. The Morgan fingerprint density at radius 2 is 2.00 bits per heavy atom. The number of halogens is 1. The van der Waals surface area contributed by atoms with Crippen molar-refractivity contribution in [1.29, 1.82) is 0 Å². The van der Waals surface area contributed by atoms with Crippen molar-refractivity contribution in [3.8, 4) is 0 Å². The van der Waals surface area contributed by atoms with Crippen molar-refractivity contribution in [2.24, 2.45) is 17.6 Å². The highest BCUT2D eigenvalue weighted by atomic mass is 19.1. The molecule has 0 radical (unpaired) electrons. The summed E-state index contributed by atoms with van der Waals surface area (Å²) in [6, 6.07) is 4.47. The van der Waals surface area contributed by atoms with E-state index in [2.05, 4.69) is 10.2 Å². The quantitative estimate of drug-likeness (QED) is 0.806. The highest BCUT2D eigenvalue weighted by molar-refractivity contribution is 5.93. The first-order valence-electron chi connectivity index (χ1n) is 6.20. The van der Waals surface area contributed by atoms with Gasteiger partial charge in [-0.3, -0.25) is 4.79 Å². The smallest absolute Gasteiger partial charge is 0.248 e. The zero-order valence-corrected chi connectivity index (χ0v) is 10.0. The largest absolute Gasteiger partial charge is 0.368 e. The maximum atomic E-state index is 14.0. The van der Waals surface area contributed by atoms with E-state index in [1.54, 1.807) is 12.1 Å². The Balaban J connectivity index is 1.83.